The molecule has 4 aromatic carbocycles. The second-order valence-corrected chi connectivity index (χ2v) is 5.45. The zero-order valence-electron chi connectivity index (χ0n) is 19.9. The molecule has 0 aliphatic carbocycles. The zero-order valence-corrected chi connectivity index (χ0v) is 13.9. The fraction of sp³-hybridized carbons (Fsp3) is 0. The second kappa shape index (κ2) is 7.58. The molecule has 0 spiro atoms. The number of azo groups is 2. The lowest BCUT2D eigenvalue weighted by atomic mass is 10.1. The Morgan fingerprint density at radius 3 is 1.93 bits per heavy atom. The van der Waals surface area contributed by atoms with Crippen LogP contribution in [-0.4, -0.2) is 5.11 Å². The van der Waals surface area contributed by atoms with E-state index in [2.05, 4.69) is 20.5 Å². The minimum absolute atomic E-state index is 0.170. The maximum atomic E-state index is 10.4. The second-order valence-electron chi connectivity index (χ2n) is 5.45. The van der Waals surface area contributed by atoms with Crippen molar-refractivity contribution in [3.05, 3.63) is 90.9 Å². The molecule has 0 radical (unpaired) electrons. The third-order valence-corrected chi connectivity index (χ3v) is 3.61. The maximum Gasteiger partial charge on any atom is 0.143 e. The summed E-state index contributed by atoms with van der Waals surface area (Å²) in [5.74, 6) is -0.686. The van der Waals surface area contributed by atoms with E-state index in [4.69, 9.17) is 8.22 Å². The first-order valence-electron chi connectivity index (χ1n) is 11.0. The molecular weight excluding hydrogens is 336 g/mol. The highest BCUT2D eigenvalue weighted by Gasteiger charge is 2.05. The van der Waals surface area contributed by atoms with Crippen molar-refractivity contribution in [2.75, 3.05) is 0 Å². The Morgan fingerprint density at radius 1 is 0.630 bits per heavy atom. The highest BCUT2D eigenvalue weighted by molar-refractivity contribution is 5.95. The molecule has 0 atom stereocenters. The van der Waals surface area contributed by atoms with Crippen molar-refractivity contribution >= 4 is 33.5 Å². The summed E-state index contributed by atoms with van der Waals surface area (Å²) in [5.41, 5.74) is 1.36. The van der Waals surface area contributed by atoms with Crippen molar-refractivity contribution in [1.29, 1.82) is 0 Å². The van der Waals surface area contributed by atoms with Crippen LogP contribution in [0.4, 0.5) is 22.7 Å². The first kappa shape index (κ1) is 11.0. The number of hydrogen-bond acceptors (Lipinski definition) is 5. The summed E-state index contributed by atoms with van der Waals surface area (Å²) in [6.07, 6.45) is 0. The number of aromatic hydroxyl groups is 1. The Hall–Kier alpha value is -3.86. The molecule has 130 valence electrons. The SMILES string of the molecule is [2H]c1c([2H])c([2H])c2c(N=Nc3ccc(N=Nc4ccccc4)cc3)c(O)c([2H])c([2H])c2c1[2H]. The quantitative estimate of drug-likeness (QED) is 0.380. The molecule has 0 heterocycles. The van der Waals surface area contributed by atoms with Gasteiger partial charge in [0.25, 0.3) is 0 Å². The number of rotatable bonds is 4. The first-order valence-corrected chi connectivity index (χ1v) is 8.00. The number of phenolic OH excluding ortho intramolecular Hbond substituents is 1. The van der Waals surface area contributed by atoms with Gasteiger partial charge in [-0.25, -0.2) is 0 Å². The molecule has 0 aliphatic rings. The van der Waals surface area contributed by atoms with Crippen LogP contribution in [0.15, 0.2) is 111 Å². The zero-order chi connectivity index (χ0) is 23.7. The lowest BCUT2D eigenvalue weighted by Gasteiger charge is -2.03. The van der Waals surface area contributed by atoms with Gasteiger partial charge >= 0.3 is 0 Å². The van der Waals surface area contributed by atoms with Gasteiger partial charge in [0.2, 0.25) is 0 Å². The molecule has 0 aromatic heterocycles. The first-order chi connectivity index (χ1) is 15.8. The molecule has 4 rings (SSSR count). The van der Waals surface area contributed by atoms with Crippen molar-refractivity contribution in [3.63, 3.8) is 0 Å². The van der Waals surface area contributed by atoms with Crippen LogP contribution in [0.2, 0.25) is 0 Å². The van der Waals surface area contributed by atoms with Gasteiger partial charge in [0.15, 0.2) is 0 Å². The van der Waals surface area contributed by atoms with E-state index in [1.54, 1.807) is 24.3 Å². The van der Waals surface area contributed by atoms with Gasteiger partial charge in [-0.1, -0.05) is 48.4 Å². The summed E-state index contributed by atoms with van der Waals surface area (Å²) in [5, 5.41) is 26.3. The minimum atomic E-state index is -0.686. The van der Waals surface area contributed by atoms with Crippen LogP contribution in [0.3, 0.4) is 0 Å². The summed E-state index contributed by atoms with van der Waals surface area (Å²) >= 11 is 0. The molecule has 1 N–H and O–H groups in total. The molecule has 27 heavy (non-hydrogen) atoms. The van der Waals surface area contributed by atoms with Crippen LogP contribution in [0.25, 0.3) is 10.8 Å². The van der Waals surface area contributed by atoms with Crippen molar-refractivity contribution in [3.8, 4) is 5.75 Å². The topological polar surface area (TPSA) is 69.7 Å². The normalized spacial score (nSPS) is 14.7. The standard InChI is InChI=1S/C22H16N4O/c27-21-15-10-16-6-4-5-9-20(16)22(21)26-25-19-13-11-18(12-14-19)24-23-17-7-2-1-3-8-17/h1-15,27H/i4D,5D,6D,9D,10D,15D. The third-order valence-electron chi connectivity index (χ3n) is 3.61. The highest BCUT2D eigenvalue weighted by Crippen LogP contribution is 2.36. The van der Waals surface area contributed by atoms with Crippen LogP contribution < -0.4 is 0 Å². The van der Waals surface area contributed by atoms with Crippen molar-refractivity contribution in [2.45, 2.75) is 0 Å². The van der Waals surface area contributed by atoms with Gasteiger partial charge in [0.1, 0.15) is 11.4 Å². The van der Waals surface area contributed by atoms with E-state index in [1.165, 1.54) is 0 Å². The summed E-state index contributed by atoms with van der Waals surface area (Å²) in [6.45, 7) is 0. The van der Waals surface area contributed by atoms with E-state index in [1.807, 2.05) is 30.3 Å². The Labute approximate surface area is 164 Å². The molecule has 0 unspecified atom stereocenters. The minimum Gasteiger partial charge on any atom is -0.506 e. The maximum absolute atomic E-state index is 10.4. The Bertz CT molecular complexity index is 1420. The molecule has 4 aromatic rings. The molecule has 0 aliphatic heterocycles. The van der Waals surface area contributed by atoms with Gasteiger partial charge in [-0.15, -0.1) is 5.11 Å². The fourth-order valence-electron chi connectivity index (χ4n) is 2.28. The van der Waals surface area contributed by atoms with E-state index < -0.39 is 42.0 Å². The summed E-state index contributed by atoms with van der Waals surface area (Å²) in [6, 6.07) is 12.6. The van der Waals surface area contributed by atoms with Crippen LogP contribution in [0.5, 0.6) is 5.75 Å². The Kier molecular flexibility index (Phi) is 3.08. The summed E-state index contributed by atoms with van der Waals surface area (Å²) in [7, 11) is 0. The van der Waals surface area contributed by atoms with E-state index in [-0.39, 0.29) is 16.5 Å². The number of benzene rings is 4. The number of hydrogen-bond donors (Lipinski definition) is 1. The van der Waals surface area contributed by atoms with Crippen LogP contribution in [0.1, 0.15) is 8.22 Å². The van der Waals surface area contributed by atoms with Gasteiger partial charge in [-0.05, 0) is 47.8 Å². The average molecular weight is 358 g/mol. The molecule has 0 bridgehead atoms. The Balaban J connectivity index is 1.73. The van der Waals surface area contributed by atoms with Crippen molar-refractivity contribution < 1.29 is 13.3 Å². The van der Waals surface area contributed by atoms with Crippen molar-refractivity contribution in [1.82, 2.24) is 0 Å². The molecule has 5 heteroatoms. The molecule has 0 amide bonds. The lowest BCUT2D eigenvalue weighted by molar-refractivity contribution is 0.477. The van der Waals surface area contributed by atoms with E-state index in [0.717, 1.165) is 0 Å². The van der Waals surface area contributed by atoms with Crippen LogP contribution in [0, 0.1) is 0 Å². The van der Waals surface area contributed by atoms with Crippen molar-refractivity contribution in [2.24, 2.45) is 20.5 Å². The third kappa shape index (κ3) is 3.88. The van der Waals surface area contributed by atoms with Gasteiger partial charge in [-0.2, -0.15) is 15.3 Å². The largest absolute Gasteiger partial charge is 0.506 e. The van der Waals surface area contributed by atoms with Gasteiger partial charge in [-0.3, -0.25) is 0 Å². The van der Waals surface area contributed by atoms with Gasteiger partial charge in [0, 0.05) is 5.39 Å². The predicted molar refractivity (Wildman–Crippen MR) is 107 cm³/mol. The molecule has 0 saturated carbocycles. The summed E-state index contributed by atoms with van der Waals surface area (Å²) in [4.78, 5) is 0. The van der Waals surface area contributed by atoms with E-state index in [0.29, 0.717) is 17.1 Å². The molecule has 5 nitrogen and oxygen atoms in total. The monoisotopic (exact) mass is 358 g/mol. The van der Waals surface area contributed by atoms with E-state index in [9.17, 15) is 5.11 Å². The average Bonchev–Trinajstić information content (AvgIpc) is 2.84. The number of fused-ring (bicyclic) bond motifs is 1. The molecular formula is C22H16N4O. The predicted octanol–water partition coefficient (Wildman–Crippen LogP) is 7.38. The van der Waals surface area contributed by atoms with Crippen LogP contribution >= 0.6 is 0 Å². The Morgan fingerprint density at radius 2 is 1.22 bits per heavy atom. The summed E-state index contributed by atoms with van der Waals surface area (Å²) < 4.78 is 48.0. The highest BCUT2D eigenvalue weighted by atomic mass is 16.3. The van der Waals surface area contributed by atoms with E-state index >= 15 is 0 Å². The van der Waals surface area contributed by atoms with Crippen LogP contribution in [-0.2, 0) is 0 Å². The fourth-order valence-corrected chi connectivity index (χ4v) is 2.28. The molecule has 0 fully saturated rings. The smallest absolute Gasteiger partial charge is 0.143 e. The number of nitrogens with zero attached hydrogens (tertiary/aromatic N) is 4. The molecule has 0 saturated heterocycles. The lowest BCUT2D eigenvalue weighted by Crippen LogP contribution is -1.74. The van der Waals surface area contributed by atoms with Gasteiger partial charge < -0.3 is 5.11 Å². The van der Waals surface area contributed by atoms with Gasteiger partial charge in [0.05, 0.1) is 25.3 Å². The number of phenols is 1.